The fraction of sp³-hybridized carbons (Fsp3) is 0.588. The van der Waals surface area contributed by atoms with Gasteiger partial charge >= 0.3 is 0 Å². The zero-order valence-corrected chi connectivity index (χ0v) is 14.2. The highest BCUT2D eigenvalue weighted by Gasteiger charge is 2.31. The molecule has 1 aromatic rings. The summed E-state index contributed by atoms with van der Waals surface area (Å²) in [5, 5.41) is 0. The van der Waals surface area contributed by atoms with E-state index in [-0.39, 0.29) is 5.78 Å². The summed E-state index contributed by atoms with van der Waals surface area (Å²) in [5.41, 5.74) is 1.18. The molecule has 0 bridgehead atoms. The largest absolute Gasteiger partial charge is 0.303 e. The maximum Gasteiger partial charge on any atom is 0.165 e. The third-order valence-corrected chi connectivity index (χ3v) is 5.02. The van der Waals surface area contributed by atoms with Gasteiger partial charge in [-0.2, -0.15) is 0 Å². The Bertz CT molecular complexity index is 478. The summed E-state index contributed by atoms with van der Waals surface area (Å²) in [7, 11) is 0. The second kappa shape index (κ2) is 6.40. The van der Waals surface area contributed by atoms with Gasteiger partial charge in [0.1, 0.15) is 0 Å². The lowest BCUT2D eigenvalue weighted by atomic mass is 9.80. The van der Waals surface area contributed by atoms with Gasteiger partial charge < -0.3 is 4.90 Å². The predicted octanol–water partition coefficient (Wildman–Crippen LogP) is 4.39. The first-order valence-corrected chi connectivity index (χ1v) is 8.17. The Hall–Kier alpha value is -0.670. The molecule has 0 aliphatic carbocycles. The van der Waals surface area contributed by atoms with E-state index in [0.29, 0.717) is 11.8 Å². The molecule has 0 saturated carbocycles. The van der Waals surface area contributed by atoms with Crippen molar-refractivity contribution in [2.24, 2.45) is 11.3 Å². The molecule has 1 aliphatic heterocycles. The highest BCUT2D eigenvalue weighted by Crippen LogP contribution is 2.33. The molecule has 2 rings (SSSR count). The van der Waals surface area contributed by atoms with Crippen LogP contribution in [0.4, 0.5) is 0 Å². The number of likely N-dealkylation sites (tertiary alicyclic amines) is 1. The van der Waals surface area contributed by atoms with Gasteiger partial charge in [-0.3, -0.25) is 4.79 Å². The Morgan fingerprint density at radius 1 is 1.35 bits per heavy atom. The van der Waals surface area contributed by atoms with Crippen molar-refractivity contribution in [2.45, 2.75) is 33.6 Å². The Balaban J connectivity index is 1.85. The first-order chi connectivity index (χ1) is 9.38. The molecule has 1 aliphatic rings. The first-order valence-electron chi connectivity index (χ1n) is 7.38. The molecule has 20 heavy (non-hydrogen) atoms. The van der Waals surface area contributed by atoms with Gasteiger partial charge in [0.05, 0.1) is 0 Å². The summed E-state index contributed by atoms with van der Waals surface area (Å²) in [6.45, 7) is 10.1. The molecule has 3 heteroatoms. The van der Waals surface area contributed by atoms with Crippen molar-refractivity contribution in [2.75, 3.05) is 19.6 Å². The molecule has 0 aromatic heterocycles. The number of ketones is 1. The summed E-state index contributed by atoms with van der Waals surface area (Å²) >= 11 is 3.45. The van der Waals surface area contributed by atoms with Crippen LogP contribution in [-0.4, -0.2) is 30.3 Å². The van der Waals surface area contributed by atoms with Gasteiger partial charge in [-0.15, -0.1) is 0 Å². The number of halogens is 1. The topological polar surface area (TPSA) is 20.3 Å². The van der Waals surface area contributed by atoms with Gasteiger partial charge in [-0.1, -0.05) is 54.9 Å². The Kier molecular flexibility index (Phi) is 5.03. The lowest BCUT2D eigenvalue weighted by Gasteiger charge is -2.27. The van der Waals surface area contributed by atoms with E-state index in [1.54, 1.807) is 0 Å². The molecule has 0 amide bonds. The van der Waals surface area contributed by atoms with E-state index >= 15 is 0 Å². The van der Waals surface area contributed by atoms with E-state index in [1.165, 1.54) is 6.42 Å². The van der Waals surface area contributed by atoms with Gasteiger partial charge in [0, 0.05) is 29.5 Å². The number of hydrogen-bond acceptors (Lipinski definition) is 2. The average Bonchev–Trinajstić information content (AvgIpc) is 2.85. The number of carbonyl (C=O) groups excluding carboxylic acids is 1. The molecule has 1 saturated heterocycles. The van der Waals surface area contributed by atoms with Crippen molar-refractivity contribution >= 4 is 21.7 Å². The normalized spacial score (nSPS) is 20.3. The summed E-state index contributed by atoms with van der Waals surface area (Å²) in [6.07, 6.45) is 1.87. The van der Waals surface area contributed by atoms with Crippen LogP contribution in [0.15, 0.2) is 28.7 Å². The highest BCUT2D eigenvalue weighted by molar-refractivity contribution is 9.10. The van der Waals surface area contributed by atoms with Crippen molar-refractivity contribution in [3.05, 3.63) is 34.3 Å². The maximum atomic E-state index is 12.2. The number of carbonyl (C=O) groups is 1. The minimum Gasteiger partial charge on any atom is -0.303 e. The molecule has 1 atom stereocenters. The molecule has 2 nitrogen and oxygen atoms in total. The van der Waals surface area contributed by atoms with E-state index in [4.69, 9.17) is 0 Å². The van der Waals surface area contributed by atoms with Crippen LogP contribution in [0.1, 0.15) is 44.0 Å². The summed E-state index contributed by atoms with van der Waals surface area (Å²) in [5.74, 6) is 0.984. The summed E-state index contributed by atoms with van der Waals surface area (Å²) in [6, 6.07) is 7.69. The van der Waals surface area contributed by atoms with Gasteiger partial charge in [0.2, 0.25) is 0 Å². The van der Waals surface area contributed by atoms with Crippen molar-refractivity contribution in [1.29, 1.82) is 0 Å². The quantitative estimate of drug-likeness (QED) is 0.759. The zero-order valence-electron chi connectivity index (χ0n) is 12.7. The lowest BCUT2D eigenvalue weighted by Crippen LogP contribution is -2.27. The van der Waals surface area contributed by atoms with E-state index < -0.39 is 0 Å². The Morgan fingerprint density at radius 2 is 2.05 bits per heavy atom. The van der Waals surface area contributed by atoms with E-state index in [1.807, 2.05) is 24.3 Å². The fourth-order valence-corrected chi connectivity index (χ4v) is 3.33. The molecule has 1 unspecified atom stereocenters. The van der Waals surface area contributed by atoms with Crippen LogP contribution in [0, 0.1) is 11.3 Å². The second-order valence-electron chi connectivity index (χ2n) is 6.81. The molecule has 110 valence electrons. The number of hydrogen-bond donors (Lipinski definition) is 0. The number of rotatable bonds is 4. The smallest absolute Gasteiger partial charge is 0.165 e. The van der Waals surface area contributed by atoms with Crippen LogP contribution in [0.2, 0.25) is 0 Å². The number of benzene rings is 1. The second-order valence-corrected chi connectivity index (χ2v) is 7.66. The number of Topliss-reactive ketones (excluding diaryl/α,β-unsaturated/α-hetero) is 1. The van der Waals surface area contributed by atoms with Gasteiger partial charge in [-0.05, 0) is 30.4 Å². The minimum atomic E-state index is 0.233. The number of nitrogens with zero attached hydrogens (tertiary/aromatic N) is 1. The Labute approximate surface area is 130 Å². The fourth-order valence-electron chi connectivity index (χ4n) is 2.82. The van der Waals surface area contributed by atoms with Crippen LogP contribution in [0.5, 0.6) is 0 Å². The predicted molar refractivity (Wildman–Crippen MR) is 87.1 cm³/mol. The third-order valence-electron chi connectivity index (χ3n) is 4.33. The van der Waals surface area contributed by atoms with E-state index in [0.717, 1.165) is 35.6 Å². The molecular weight excluding hydrogens is 314 g/mol. The van der Waals surface area contributed by atoms with Crippen molar-refractivity contribution in [3.63, 3.8) is 0 Å². The standard InChI is InChI=1S/C17H24BrNO/c1-17(2,3)13-8-10-19(12-13)11-9-16(20)14-6-4-5-7-15(14)18/h4-7,13H,8-12H2,1-3H3. The third kappa shape index (κ3) is 3.92. The maximum absolute atomic E-state index is 12.2. The zero-order chi connectivity index (χ0) is 14.8. The van der Waals surface area contributed by atoms with Crippen LogP contribution < -0.4 is 0 Å². The van der Waals surface area contributed by atoms with Crippen LogP contribution in [0.25, 0.3) is 0 Å². The molecule has 1 fully saturated rings. The van der Waals surface area contributed by atoms with Crippen molar-refractivity contribution in [1.82, 2.24) is 4.90 Å². The van der Waals surface area contributed by atoms with E-state index in [2.05, 4.69) is 41.6 Å². The Morgan fingerprint density at radius 3 is 2.65 bits per heavy atom. The van der Waals surface area contributed by atoms with Crippen LogP contribution in [-0.2, 0) is 0 Å². The first kappa shape index (κ1) is 15.7. The monoisotopic (exact) mass is 337 g/mol. The molecular formula is C17H24BrNO. The van der Waals surface area contributed by atoms with Crippen molar-refractivity contribution in [3.8, 4) is 0 Å². The lowest BCUT2D eigenvalue weighted by molar-refractivity contribution is 0.0966. The van der Waals surface area contributed by atoms with Crippen molar-refractivity contribution < 1.29 is 4.79 Å². The van der Waals surface area contributed by atoms with Gasteiger partial charge in [-0.25, -0.2) is 0 Å². The van der Waals surface area contributed by atoms with Gasteiger partial charge in [0.25, 0.3) is 0 Å². The average molecular weight is 338 g/mol. The molecule has 0 N–H and O–H groups in total. The molecule has 1 aromatic carbocycles. The summed E-state index contributed by atoms with van der Waals surface area (Å²) in [4.78, 5) is 14.7. The minimum absolute atomic E-state index is 0.233. The molecule has 1 heterocycles. The molecule has 0 radical (unpaired) electrons. The molecule has 0 spiro atoms. The SMILES string of the molecule is CC(C)(C)C1CCN(CCC(=O)c2ccccc2Br)C1. The van der Waals surface area contributed by atoms with Gasteiger partial charge in [0.15, 0.2) is 5.78 Å². The highest BCUT2D eigenvalue weighted by atomic mass is 79.9. The summed E-state index contributed by atoms with van der Waals surface area (Å²) < 4.78 is 0.902. The van der Waals surface area contributed by atoms with Crippen LogP contribution >= 0.6 is 15.9 Å². The van der Waals surface area contributed by atoms with E-state index in [9.17, 15) is 4.79 Å². The van der Waals surface area contributed by atoms with Crippen LogP contribution in [0.3, 0.4) is 0 Å².